The second-order valence-electron chi connectivity index (χ2n) is 8.39. The van der Waals surface area contributed by atoms with Gasteiger partial charge in [0.15, 0.2) is 0 Å². The van der Waals surface area contributed by atoms with E-state index in [1.54, 1.807) is 24.3 Å². The van der Waals surface area contributed by atoms with Gasteiger partial charge >= 0.3 is 0 Å². The number of benzene rings is 2. The molecule has 2 aromatic carbocycles. The first-order valence-corrected chi connectivity index (χ1v) is 13.2. The third kappa shape index (κ3) is 5.44. The van der Waals surface area contributed by atoms with Crippen LogP contribution in [-0.4, -0.2) is 33.7 Å². The lowest BCUT2D eigenvalue weighted by atomic mass is 9.88. The molecule has 1 amide bonds. The number of aryl methyl sites for hydroxylation is 2. The molecule has 0 saturated carbocycles. The summed E-state index contributed by atoms with van der Waals surface area (Å²) in [7, 11) is -2.18. The molecule has 2 atom stereocenters. The minimum Gasteiger partial charge on any atom is -0.497 e. The Morgan fingerprint density at radius 2 is 1.78 bits per heavy atom. The van der Waals surface area contributed by atoms with E-state index in [9.17, 15) is 13.2 Å². The molecule has 0 heterocycles. The van der Waals surface area contributed by atoms with Gasteiger partial charge in [-0.1, -0.05) is 38.1 Å². The first kappa shape index (κ1) is 24.1. The summed E-state index contributed by atoms with van der Waals surface area (Å²) in [6, 6.07) is 12.2. The van der Waals surface area contributed by atoms with Gasteiger partial charge in [0, 0.05) is 6.07 Å². The first-order chi connectivity index (χ1) is 15.3. The van der Waals surface area contributed by atoms with Gasteiger partial charge in [-0.15, -0.1) is 0 Å². The molecule has 174 valence electrons. The van der Waals surface area contributed by atoms with E-state index < -0.39 is 16.1 Å². The molecule has 0 saturated heterocycles. The normalized spacial score (nSPS) is 15.4. The van der Waals surface area contributed by atoms with Crippen LogP contribution in [0.4, 0.5) is 5.69 Å². The molecule has 0 bridgehead atoms. The monoisotopic (exact) mass is 458 g/mol. The van der Waals surface area contributed by atoms with E-state index in [-0.39, 0.29) is 11.9 Å². The molecule has 1 aliphatic rings. The van der Waals surface area contributed by atoms with Crippen LogP contribution in [0.3, 0.4) is 0 Å². The van der Waals surface area contributed by atoms with E-state index in [2.05, 4.69) is 23.5 Å². The van der Waals surface area contributed by atoms with E-state index in [1.165, 1.54) is 35.4 Å². The highest BCUT2D eigenvalue weighted by Crippen LogP contribution is 2.29. The molecule has 6 nitrogen and oxygen atoms in total. The quantitative estimate of drug-likeness (QED) is 0.605. The second-order valence-corrected chi connectivity index (χ2v) is 10.2. The fourth-order valence-electron chi connectivity index (χ4n) is 4.47. The van der Waals surface area contributed by atoms with Crippen LogP contribution in [0.2, 0.25) is 0 Å². The number of nitrogens with zero attached hydrogens (tertiary/aromatic N) is 1. The van der Waals surface area contributed by atoms with E-state index in [4.69, 9.17) is 4.74 Å². The highest BCUT2D eigenvalue weighted by molar-refractivity contribution is 7.92. The van der Waals surface area contributed by atoms with E-state index in [1.807, 2.05) is 13.8 Å². The topological polar surface area (TPSA) is 75.7 Å². The van der Waals surface area contributed by atoms with Crippen LogP contribution >= 0.6 is 0 Å². The van der Waals surface area contributed by atoms with Gasteiger partial charge in [-0.2, -0.15) is 0 Å². The summed E-state index contributed by atoms with van der Waals surface area (Å²) >= 11 is 0. The van der Waals surface area contributed by atoms with Gasteiger partial charge in [0.05, 0.1) is 25.1 Å². The highest BCUT2D eigenvalue weighted by atomic mass is 32.2. The molecule has 0 fully saturated rings. The number of fused-ring (bicyclic) bond motifs is 1. The number of hydrogen-bond acceptors (Lipinski definition) is 4. The number of methoxy groups -OCH3 is 1. The fourth-order valence-corrected chi connectivity index (χ4v) is 5.67. The minimum absolute atomic E-state index is 0.171. The van der Waals surface area contributed by atoms with Crippen molar-refractivity contribution in [3.63, 3.8) is 0 Å². The predicted octanol–water partition coefficient (Wildman–Crippen LogP) is 4.39. The molecule has 32 heavy (non-hydrogen) atoms. The molecule has 0 aliphatic heterocycles. The summed E-state index contributed by atoms with van der Waals surface area (Å²) in [6.45, 7) is 3.85. The number of rotatable bonds is 9. The fraction of sp³-hybridized carbons (Fsp3) is 0.480. The Hall–Kier alpha value is -2.54. The first-order valence-electron chi connectivity index (χ1n) is 11.3. The van der Waals surface area contributed by atoms with Gasteiger partial charge in [0.25, 0.3) is 0 Å². The number of ether oxygens (including phenoxy) is 1. The van der Waals surface area contributed by atoms with Gasteiger partial charge in [0.1, 0.15) is 11.8 Å². The highest BCUT2D eigenvalue weighted by Gasteiger charge is 2.32. The Bertz CT molecular complexity index is 1050. The van der Waals surface area contributed by atoms with Crippen molar-refractivity contribution in [1.29, 1.82) is 0 Å². The largest absolute Gasteiger partial charge is 0.497 e. The summed E-state index contributed by atoms with van der Waals surface area (Å²) in [6.07, 6.45) is 6.80. The number of carbonyl (C=O) groups excluding carboxylic acids is 1. The zero-order valence-corrected chi connectivity index (χ0v) is 20.2. The molecule has 1 N–H and O–H groups in total. The SMILES string of the molecule is CC[C@@H](NC(=O)[C@H](CC)N(c1cccc(OC)c1)S(C)(=O)=O)c1ccc2c(c1)CCCC2. The van der Waals surface area contributed by atoms with Crippen molar-refractivity contribution in [2.24, 2.45) is 0 Å². The van der Waals surface area contributed by atoms with Crippen LogP contribution in [0.5, 0.6) is 5.75 Å². The maximum absolute atomic E-state index is 13.4. The number of sulfonamides is 1. The summed E-state index contributed by atoms with van der Waals surface area (Å²) in [4.78, 5) is 13.4. The van der Waals surface area contributed by atoms with Crippen molar-refractivity contribution < 1.29 is 17.9 Å². The maximum atomic E-state index is 13.4. The number of carbonyl (C=O) groups is 1. The number of anilines is 1. The Labute approximate surface area is 192 Å². The summed E-state index contributed by atoms with van der Waals surface area (Å²) in [5, 5.41) is 3.12. The standard InChI is InChI=1S/C25H34N2O4S/c1-5-23(20-15-14-18-10-7-8-11-19(18)16-20)26-25(28)24(6-2)27(32(4,29)30)21-12-9-13-22(17-21)31-3/h9,12-17,23-24H,5-8,10-11H2,1-4H3,(H,26,28)/t23-,24+/m1/s1. The minimum atomic E-state index is -3.70. The zero-order valence-electron chi connectivity index (χ0n) is 19.4. The summed E-state index contributed by atoms with van der Waals surface area (Å²) in [5.74, 6) is 0.234. The average Bonchev–Trinajstić information content (AvgIpc) is 2.79. The van der Waals surface area contributed by atoms with Crippen LogP contribution < -0.4 is 14.4 Å². The molecular weight excluding hydrogens is 424 g/mol. The van der Waals surface area contributed by atoms with Crippen LogP contribution in [0.25, 0.3) is 0 Å². The average molecular weight is 459 g/mol. The molecule has 2 aromatic rings. The zero-order chi connectivity index (χ0) is 23.3. The molecule has 0 unspecified atom stereocenters. The van der Waals surface area contributed by atoms with Crippen LogP contribution in [0.1, 0.15) is 62.3 Å². The lowest BCUT2D eigenvalue weighted by Crippen LogP contribution is -2.50. The Kier molecular flexibility index (Phi) is 7.82. The van der Waals surface area contributed by atoms with Gasteiger partial charge in [-0.3, -0.25) is 9.10 Å². The maximum Gasteiger partial charge on any atom is 0.244 e. The molecule has 0 radical (unpaired) electrons. The number of amides is 1. The Morgan fingerprint density at radius 1 is 1.06 bits per heavy atom. The molecule has 1 aliphatic carbocycles. The van der Waals surface area contributed by atoms with E-state index >= 15 is 0 Å². The van der Waals surface area contributed by atoms with Gasteiger partial charge in [-0.25, -0.2) is 8.42 Å². The lowest BCUT2D eigenvalue weighted by molar-refractivity contribution is -0.123. The van der Waals surface area contributed by atoms with E-state index in [0.29, 0.717) is 17.9 Å². The Morgan fingerprint density at radius 3 is 2.41 bits per heavy atom. The van der Waals surface area contributed by atoms with Crippen molar-refractivity contribution in [1.82, 2.24) is 5.32 Å². The van der Waals surface area contributed by atoms with Crippen molar-refractivity contribution in [3.8, 4) is 5.75 Å². The Balaban J connectivity index is 1.88. The van der Waals surface area contributed by atoms with Crippen LogP contribution in [-0.2, 0) is 27.7 Å². The van der Waals surface area contributed by atoms with Gasteiger partial charge < -0.3 is 10.1 Å². The molecular formula is C25H34N2O4S. The van der Waals surface area contributed by atoms with Gasteiger partial charge in [0.2, 0.25) is 15.9 Å². The lowest BCUT2D eigenvalue weighted by Gasteiger charge is -2.32. The van der Waals surface area contributed by atoms with Crippen LogP contribution in [0.15, 0.2) is 42.5 Å². The van der Waals surface area contributed by atoms with Crippen LogP contribution in [0, 0.1) is 0 Å². The smallest absolute Gasteiger partial charge is 0.244 e. The summed E-state index contributed by atoms with van der Waals surface area (Å²) < 4.78 is 31.9. The number of nitrogens with one attached hydrogen (secondary N) is 1. The third-order valence-corrected chi connectivity index (χ3v) is 7.32. The van der Waals surface area contributed by atoms with Crippen molar-refractivity contribution in [2.45, 2.75) is 64.5 Å². The molecule has 3 rings (SSSR count). The number of hydrogen-bond donors (Lipinski definition) is 1. The summed E-state index contributed by atoms with van der Waals surface area (Å²) in [5.41, 5.74) is 4.25. The molecule has 7 heteroatoms. The van der Waals surface area contributed by atoms with E-state index in [0.717, 1.165) is 31.1 Å². The van der Waals surface area contributed by atoms with Gasteiger partial charge in [-0.05, 0) is 67.3 Å². The third-order valence-electron chi connectivity index (χ3n) is 6.14. The molecule has 0 aromatic heterocycles. The predicted molar refractivity (Wildman–Crippen MR) is 129 cm³/mol. The molecule has 0 spiro atoms. The van der Waals surface area contributed by atoms with Crippen molar-refractivity contribution in [2.75, 3.05) is 17.7 Å². The second kappa shape index (κ2) is 10.4. The van der Waals surface area contributed by atoms with Crippen molar-refractivity contribution >= 4 is 21.6 Å². The van der Waals surface area contributed by atoms with Crippen molar-refractivity contribution in [3.05, 3.63) is 59.2 Å².